The van der Waals surface area contributed by atoms with Crippen LogP contribution in [0.2, 0.25) is 0 Å². The molecule has 2 heterocycles. The molecule has 0 saturated heterocycles. The number of anilines is 1. The van der Waals surface area contributed by atoms with Gasteiger partial charge in [-0.25, -0.2) is 0 Å². The second kappa shape index (κ2) is 6.15. The van der Waals surface area contributed by atoms with Crippen LogP contribution in [0.1, 0.15) is 42.9 Å². The number of benzene rings is 1. The Labute approximate surface area is 131 Å². The quantitative estimate of drug-likeness (QED) is 0.810. The van der Waals surface area contributed by atoms with E-state index in [4.69, 9.17) is 4.42 Å². The maximum atomic E-state index is 10.7. The molecule has 0 spiro atoms. The number of fused-ring (bicyclic) bond motifs is 1. The Balaban J connectivity index is 1.73. The van der Waals surface area contributed by atoms with Crippen LogP contribution in [0.15, 0.2) is 40.8 Å². The number of rotatable bonds is 4. The first-order valence-electron chi connectivity index (χ1n) is 7.92. The minimum Gasteiger partial charge on any atom is -0.463 e. The lowest BCUT2D eigenvalue weighted by Gasteiger charge is -2.26. The third-order valence-corrected chi connectivity index (χ3v) is 4.29. The summed E-state index contributed by atoms with van der Waals surface area (Å²) >= 11 is 0. The van der Waals surface area contributed by atoms with Gasteiger partial charge in [0.25, 0.3) is 0 Å². The predicted octanol–water partition coefficient (Wildman–Crippen LogP) is 3.33. The largest absolute Gasteiger partial charge is 0.463 e. The molecule has 0 amide bonds. The van der Waals surface area contributed by atoms with E-state index >= 15 is 0 Å². The van der Waals surface area contributed by atoms with Crippen LogP contribution in [-0.2, 0) is 5.60 Å². The summed E-state index contributed by atoms with van der Waals surface area (Å²) in [5.41, 5.74) is 1.44. The first-order valence-corrected chi connectivity index (χ1v) is 7.92. The van der Waals surface area contributed by atoms with Crippen LogP contribution in [0.4, 0.5) is 5.69 Å². The van der Waals surface area contributed by atoms with Gasteiger partial charge in [0, 0.05) is 24.8 Å². The highest BCUT2D eigenvalue weighted by molar-refractivity contribution is 5.53. The molecule has 1 aromatic heterocycles. The highest BCUT2D eigenvalue weighted by Crippen LogP contribution is 2.30. The Morgan fingerprint density at radius 1 is 1.32 bits per heavy atom. The zero-order chi connectivity index (χ0) is 15.6. The van der Waals surface area contributed by atoms with Crippen LogP contribution in [0.5, 0.6) is 0 Å². The van der Waals surface area contributed by atoms with Crippen LogP contribution in [0, 0.1) is 6.92 Å². The molecule has 0 saturated carbocycles. The van der Waals surface area contributed by atoms with Crippen molar-refractivity contribution in [1.82, 2.24) is 5.32 Å². The number of nitrogens with one attached hydrogen (secondary N) is 2. The fourth-order valence-corrected chi connectivity index (χ4v) is 2.99. The molecule has 2 atom stereocenters. The highest BCUT2D eigenvalue weighted by Gasteiger charge is 2.28. The molecule has 0 radical (unpaired) electrons. The molecule has 0 unspecified atom stereocenters. The first kappa shape index (κ1) is 15.1. The number of aryl methyl sites for hydroxylation is 1. The van der Waals surface area contributed by atoms with Crippen molar-refractivity contribution in [2.24, 2.45) is 0 Å². The standard InChI is InChI=1S/C18H24N2O2/c1-13-9-10-17(22-13)18(2,21)12-20-16-8-5-11-19-15-7-4-3-6-14(15)16/h3-4,6-7,9-10,16,19-21H,5,8,11-12H2,1-2H3/t16-,18-/m0/s1. The SMILES string of the molecule is Cc1ccc([C@@](C)(O)CN[C@H]2CCCNc3ccccc32)o1. The zero-order valence-electron chi connectivity index (χ0n) is 13.2. The van der Waals surface area contributed by atoms with Gasteiger partial charge in [0.05, 0.1) is 0 Å². The molecule has 0 bridgehead atoms. The minimum absolute atomic E-state index is 0.244. The number of hydrogen-bond acceptors (Lipinski definition) is 4. The smallest absolute Gasteiger partial charge is 0.136 e. The molecule has 3 N–H and O–H groups in total. The highest BCUT2D eigenvalue weighted by atomic mass is 16.4. The van der Waals surface area contributed by atoms with E-state index in [0.29, 0.717) is 12.3 Å². The van der Waals surface area contributed by atoms with Gasteiger partial charge in [0.15, 0.2) is 0 Å². The second-order valence-corrected chi connectivity index (χ2v) is 6.27. The van der Waals surface area contributed by atoms with Crippen molar-refractivity contribution in [2.75, 3.05) is 18.4 Å². The van der Waals surface area contributed by atoms with Crippen LogP contribution < -0.4 is 10.6 Å². The van der Waals surface area contributed by atoms with Gasteiger partial charge in [0.1, 0.15) is 17.1 Å². The van der Waals surface area contributed by atoms with Crippen molar-refractivity contribution in [3.63, 3.8) is 0 Å². The fraction of sp³-hybridized carbons (Fsp3) is 0.444. The lowest BCUT2D eigenvalue weighted by atomic mass is 9.99. The third kappa shape index (κ3) is 3.18. The lowest BCUT2D eigenvalue weighted by Crippen LogP contribution is -2.37. The molecule has 3 rings (SSSR count). The monoisotopic (exact) mass is 300 g/mol. The third-order valence-electron chi connectivity index (χ3n) is 4.29. The number of para-hydroxylation sites is 1. The fourth-order valence-electron chi connectivity index (χ4n) is 2.99. The summed E-state index contributed by atoms with van der Waals surface area (Å²) in [4.78, 5) is 0. The predicted molar refractivity (Wildman–Crippen MR) is 87.9 cm³/mol. The molecule has 1 aromatic carbocycles. The van der Waals surface area contributed by atoms with Gasteiger partial charge in [-0.1, -0.05) is 18.2 Å². The van der Waals surface area contributed by atoms with Gasteiger partial charge in [-0.15, -0.1) is 0 Å². The zero-order valence-corrected chi connectivity index (χ0v) is 13.2. The van der Waals surface area contributed by atoms with Crippen molar-refractivity contribution in [1.29, 1.82) is 0 Å². The molecular formula is C18H24N2O2. The average Bonchev–Trinajstić information content (AvgIpc) is 2.84. The summed E-state index contributed by atoms with van der Waals surface area (Å²) in [5, 5.41) is 17.7. The maximum absolute atomic E-state index is 10.7. The van der Waals surface area contributed by atoms with Gasteiger partial charge in [-0.3, -0.25) is 0 Å². The van der Waals surface area contributed by atoms with Crippen molar-refractivity contribution in [3.05, 3.63) is 53.5 Å². The van der Waals surface area contributed by atoms with Gasteiger partial charge in [-0.05, 0) is 50.5 Å². The van der Waals surface area contributed by atoms with Gasteiger partial charge in [0.2, 0.25) is 0 Å². The minimum atomic E-state index is -1.01. The van der Waals surface area contributed by atoms with Crippen LogP contribution >= 0.6 is 0 Å². The Morgan fingerprint density at radius 2 is 2.14 bits per heavy atom. The van der Waals surface area contributed by atoms with E-state index in [1.807, 2.05) is 19.1 Å². The summed E-state index contributed by atoms with van der Waals surface area (Å²) in [6.07, 6.45) is 2.16. The van der Waals surface area contributed by atoms with Gasteiger partial charge >= 0.3 is 0 Å². The Morgan fingerprint density at radius 3 is 2.91 bits per heavy atom. The van der Waals surface area contributed by atoms with E-state index in [1.54, 1.807) is 6.92 Å². The number of hydrogen-bond donors (Lipinski definition) is 3. The van der Waals surface area contributed by atoms with Crippen molar-refractivity contribution < 1.29 is 9.52 Å². The van der Waals surface area contributed by atoms with Crippen molar-refractivity contribution in [2.45, 2.75) is 38.3 Å². The van der Waals surface area contributed by atoms with Crippen LogP contribution in [0.25, 0.3) is 0 Å². The van der Waals surface area contributed by atoms with Crippen molar-refractivity contribution in [3.8, 4) is 0 Å². The lowest BCUT2D eigenvalue weighted by molar-refractivity contribution is 0.0305. The van der Waals surface area contributed by atoms with E-state index in [-0.39, 0.29) is 6.04 Å². The number of furan rings is 1. The molecule has 2 aromatic rings. The molecule has 1 aliphatic rings. The van der Waals surface area contributed by atoms with Gasteiger partial charge in [-0.2, -0.15) is 0 Å². The van der Waals surface area contributed by atoms with Crippen LogP contribution in [-0.4, -0.2) is 18.2 Å². The van der Waals surface area contributed by atoms with E-state index < -0.39 is 5.60 Å². The maximum Gasteiger partial charge on any atom is 0.136 e. The summed E-state index contributed by atoms with van der Waals surface area (Å²) in [6, 6.07) is 12.4. The van der Waals surface area contributed by atoms with E-state index in [0.717, 1.165) is 25.1 Å². The summed E-state index contributed by atoms with van der Waals surface area (Å²) in [7, 11) is 0. The normalized spacial score (nSPS) is 20.6. The molecule has 4 heteroatoms. The molecule has 0 fully saturated rings. The topological polar surface area (TPSA) is 57.4 Å². The van der Waals surface area contributed by atoms with Gasteiger partial charge < -0.3 is 20.2 Å². The van der Waals surface area contributed by atoms with Crippen LogP contribution in [0.3, 0.4) is 0 Å². The Bertz CT molecular complexity index is 634. The van der Waals surface area contributed by atoms with Crippen molar-refractivity contribution >= 4 is 5.69 Å². The Kier molecular flexibility index (Phi) is 4.23. The van der Waals surface area contributed by atoms with E-state index in [2.05, 4.69) is 34.9 Å². The van der Waals surface area contributed by atoms with E-state index in [9.17, 15) is 5.11 Å². The molecule has 4 nitrogen and oxygen atoms in total. The molecule has 22 heavy (non-hydrogen) atoms. The van der Waals surface area contributed by atoms with E-state index in [1.165, 1.54) is 11.3 Å². The molecule has 0 aliphatic carbocycles. The molecule has 1 aliphatic heterocycles. The molecular weight excluding hydrogens is 276 g/mol. The second-order valence-electron chi connectivity index (χ2n) is 6.27. The summed E-state index contributed by atoms with van der Waals surface area (Å²) in [5.74, 6) is 1.43. The summed E-state index contributed by atoms with van der Waals surface area (Å²) in [6.45, 7) is 5.13. The first-order chi connectivity index (χ1) is 10.6. The number of aliphatic hydroxyl groups is 1. The Hall–Kier alpha value is -1.78. The molecule has 118 valence electrons. The average molecular weight is 300 g/mol. The summed E-state index contributed by atoms with van der Waals surface area (Å²) < 4.78 is 5.58.